The number of ketones is 1. The summed E-state index contributed by atoms with van der Waals surface area (Å²) in [5.41, 5.74) is 4.24. The summed E-state index contributed by atoms with van der Waals surface area (Å²) >= 11 is 3.42. The van der Waals surface area contributed by atoms with Crippen molar-refractivity contribution in [1.82, 2.24) is 29.6 Å². The Morgan fingerprint density at radius 2 is 1.86 bits per heavy atom. The van der Waals surface area contributed by atoms with Gasteiger partial charge in [0.25, 0.3) is 0 Å². The summed E-state index contributed by atoms with van der Waals surface area (Å²) in [5, 5.41) is 17.6. The Kier molecular flexibility index (Phi) is 6.89. The normalized spacial score (nSPS) is 22.2. The molecule has 226 valence electrons. The topological polar surface area (TPSA) is 143 Å². The highest BCUT2D eigenvalue weighted by Gasteiger charge is 2.64. The van der Waals surface area contributed by atoms with Crippen molar-refractivity contribution in [2.75, 3.05) is 5.32 Å². The number of carbonyl (C=O) groups is 3. The fourth-order valence-electron chi connectivity index (χ4n) is 6.69. The van der Waals surface area contributed by atoms with Crippen molar-refractivity contribution in [2.24, 2.45) is 5.41 Å². The number of aliphatic hydroxyl groups excluding tert-OH is 1. The smallest absolute Gasteiger partial charge is 0.248 e. The van der Waals surface area contributed by atoms with Crippen LogP contribution in [0.2, 0.25) is 0 Å². The van der Waals surface area contributed by atoms with Gasteiger partial charge in [0.15, 0.2) is 11.6 Å². The zero-order chi connectivity index (χ0) is 30.9. The van der Waals surface area contributed by atoms with Crippen molar-refractivity contribution >= 4 is 50.2 Å². The number of anilines is 1. The van der Waals surface area contributed by atoms with Crippen molar-refractivity contribution in [2.45, 2.75) is 77.6 Å². The van der Waals surface area contributed by atoms with Gasteiger partial charge in [-0.3, -0.25) is 19.1 Å². The molecule has 2 saturated carbocycles. The fourth-order valence-corrected chi connectivity index (χ4v) is 7.00. The number of aromatic nitrogens is 5. The van der Waals surface area contributed by atoms with E-state index < -0.39 is 6.04 Å². The van der Waals surface area contributed by atoms with E-state index in [0.717, 1.165) is 41.5 Å². The minimum absolute atomic E-state index is 0.0205. The molecule has 12 heteroatoms. The lowest BCUT2D eigenvalue weighted by Gasteiger charge is -2.27. The third kappa shape index (κ3) is 4.99. The average molecular weight is 659 g/mol. The van der Waals surface area contributed by atoms with Gasteiger partial charge in [0.2, 0.25) is 11.8 Å². The number of halogens is 1. The minimum Gasteiger partial charge on any atom is -0.388 e. The maximum absolute atomic E-state index is 14.0. The Morgan fingerprint density at radius 1 is 1.11 bits per heavy atom. The third-order valence-electron chi connectivity index (χ3n) is 9.21. The number of hydrogen-bond donors (Lipinski definition) is 2. The first-order valence-corrected chi connectivity index (χ1v) is 15.6. The lowest BCUT2D eigenvalue weighted by atomic mass is 10.0. The van der Waals surface area contributed by atoms with E-state index in [4.69, 9.17) is 0 Å². The summed E-state index contributed by atoms with van der Waals surface area (Å²) in [5.74, 6) is 0.612. The molecule has 3 aromatic heterocycles. The summed E-state index contributed by atoms with van der Waals surface area (Å²) in [6, 6.07) is 7.05. The first-order chi connectivity index (χ1) is 21.1. The van der Waals surface area contributed by atoms with Gasteiger partial charge in [0, 0.05) is 36.3 Å². The molecule has 3 atom stereocenters. The molecule has 0 unspecified atom stereocenters. The van der Waals surface area contributed by atoms with E-state index in [0.29, 0.717) is 39.5 Å². The molecule has 0 radical (unpaired) electrons. The molecule has 11 nitrogen and oxygen atoms in total. The Morgan fingerprint density at radius 3 is 2.55 bits per heavy atom. The number of hydrogen-bond acceptors (Lipinski definition) is 8. The summed E-state index contributed by atoms with van der Waals surface area (Å²) in [4.78, 5) is 55.1. The molecule has 2 N–H and O–H groups in total. The van der Waals surface area contributed by atoms with Crippen molar-refractivity contribution in [3.05, 3.63) is 63.9 Å². The van der Waals surface area contributed by atoms with Gasteiger partial charge < -0.3 is 15.3 Å². The molecular weight excluding hydrogens is 626 g/mol. The van der Waals surface area contributed by atoms with Crippen LogP contribution in [0.1, 0.15) is 72.9 Å². The van der Waals surface area contributed by atoms with Crippen molar-refractivity contribution in [1.29, 1.82) is 0 Å². The molecule has 3 aliphatic rings. The van der Waals surface area contributed by atoms with Gasteiger partial charge in [-0.15, -0.1) is 0 Å². The highest BCUT2D eigenvalue weighted by molar-refractivity contribution is 9.10. The van der Waals surface area contributed by atoms with Gasteiger partial charge in [-0.1, -0.05) is 13.0 Å². The Hall–Kier alpha value is -4.03. The zero-order valence-electron chi connectivity index (χ0n) is 24.7. The number of piperidine rings is 1. The van der Waals surface area contributed by atoms with E-state index in [-0.39, 0.29) is 47.9 Å². The summed E-state index contributed by atoms with van der Waals surface area (Å²) in [6.07, 6.45) is 6.84. The van der Waals surface area contributed by atoms with Gasteiger partial charge in [-0.25, -0.2) is 15.0 Å². The Labute approximate surface area is 262 Å². The SMILES string of the molecule is CC(=O)c1nn(CC(=O)N2[C@H](C(=O)Nc3nc(Br)ccc3C3CC3)C[C@@]3(C)C[C@@H]23)c2c(C)cc(-c3cnc(CO)nc3)cc12. The number of carbonyl (C=O) groups excluding carboxylic acids is 3. The number of amides is 2. The van der Waals surface area contributed by atoms with E-state index >= 15 is 0 Å². The van der Waals surface area contributed by atoms with Gasteiger partial charge in [-0.05, 0) is 94.8 Å². The van der Waals surface area contributed by atoms with E-state index in [9.17, 15) is 19.5 Å². The molecule has 7 rings (SSSR count). The van der Waals surface area contributed by atoms with Crippen molar-refractivity contribution in [3.8, 4) is 11.1 Å². The highest BCUT2D eigenvalue weighted by atomic mass is 79.9. The fraction of sp³-hybridized carbons (Fsp3) is 0.406. The van der Waals surface area contributed by atoms with Crippen LogP contribution in [0.25, 0.3) is 22.0 Å². The molecule has 0 spiro atoms. The van der Waals surface area contributed by atoms with Crippen LogP contribution in [-0.4, -0.2) is 64.4 Å². The van der Waals surface area contributed by atoms with Crippen LogP contribution >= 0.6 is 15.9 Å². The second-order valence-electron chi connectivity index (χ2n) is 12.5. The number of pyridine rings is 1. The molecule has 3 fully saturated rings. The number of Topliss-reactive ketones (excluding diaryl/α,β-unsaturated/α-hetero) is 1. The molecular formula is C32H32BrN7O4. The molecule has 0 bridgehead atoms. The standard InChI is InChI=1S/C32H32BrN7O4/c1-16-8-19(20-12-34-26(15-41)35-13-20)9-22-28(17(2)42)38-39(29(16)22)14-27(43)40-23(10-32(3)11-24(32)40)31(44)37-30-21(18-4-5-18)6-7-25(33)36-30/h6-9,12-13,18,23-24,41H,4-5,10-11,14-15H2,1-3H3,(H,36,37,44)/t23-,24+,32-/m0/s1. The monoisotopic (exact) mass is 657 g/mol. The van der Waals surface area contributed by atoms with Crippen LogP contribution in [0, 0.1) is 12.3 Å². The number of nitrogens with zero attached hydrogens (tertiary/aromatic N) is 6. The first kappa shape index (κ1) is 28.7. The third-order valence-corrected chi connectivity index (χ3v) is 9.65. The lowest BCUT2D eigenvalue weighted by Crippen LogP contribution is -2.47. The van der Waals surface area contributed by atoms with E-state index in [2.05, 4.69) is 48.2 Å². The summed E-state index contributed by atoms with van der Waals surface area (Å²) in [6.45, 7) is 5.13. The van der Waals surface area contributed by atoms with Crippen LogP contribution in [-0.2, 0) is 22.7 Å². The number of rotatable bonds is 8. The second kappa shape index (κ2) is 10.6. The van der Waals surface area contributed by atoms with E-state index in [1.165, 1.54) is 6.92 Å². The molecule has 2 aliphatic carbocycles. The Bertz CT molecular complexity index is 1850. The van der Waals surface area contributed by atoms with Crippen LogP contribution in [0.3, 0.4) is 0 Å². The molecule has 1 saturated heterocycles. The lowest BCUT2D eigenvalue weighted by molar-refractivity contribution is -0.138. The zero-order valence-corrected chi connectivity index (χ0v) is 26.3. The quantitative estimate of drug-likeness (QED) is 0.208. The molecule has 44 heavy (non-hydrogen) atoms. The van der Waals surface area contributed by atoms with Crippen LogP contribution in [0.4, 0.5) is 5.82 Å². The van der Waals surface area contributed by atoms with Crippen LogP contribution < -0.4 is 5.32 Å². The molecule has 2 amide bonds. The van der Waals surface area contributed by atoms with E-state index in [1.807, 2.05) is 31.2 Å². The van der Waals surface area contributed by atoms with Crippen molar-refractivity contribution in [3.63, 3.8) is 0 Å². The van der Waals surface area contributed by atoms with Gasteiger partial charge >= 0.3 is 0 Å². The maximum atomic E-state index is 14.0. The second-order valence-corrected chi connectivity index (χ2v) is 13.3. The first-order valence-electron chi connectivity index (χ1n) is 14.8. The molecule has 4 aromatic rings. The number of fused-ring (bicyclic) bond motifs is 2. The summed E-state index contributed by atoms with van der Waals surface area (Å²) < 4.78 is 2.24. The maximum Gasteiger partial charge on any atom is 0.248 e. The molecule has 1 aliphatic heterocycles. The number of aliphatic hydroxyl groups is 1. The van der Waals surface area contributed by atoms with Gasteiger partial charge in [0.05, 0.1) is 5.52 Å². The predicted octanol–water partition coefficient (Wildman–Crippen LogP) is 4.55. The average Bonchev–Trinajstić information content (AvgIpc) is 3.89. The van der Waals surface area contributed by atoms with Crippen LogP contribution in [0.5, 0.6) is 0 Å². The number of aryl methyl sites for hydroxylation is 1. The highest BCUT2D eigenvalue weighted by Crippen LogP contribution is 2.59. The largest absolute Gasteiger partial charge is 0.388 e. The summed E-state index contributed by atoms with van der Waals surface area (Å²) in [7, 11) is 0. The van der Waals surface area contributed by atoms with Crippen molar-refractivity contribution < 1.29 is 19.5 Å². The predicted molar refractivity (Wildman–Crippen MR) is 166 cm³/mol. The van der Waals surface area contributed by atoms with Gasteiger partial charge in [-0.2, -0.15) is 5.10 Å². The van der Waals surface area contributed by atoms with Gasteiger partial charge in [0.1, 0.15) is 35.3 Å². The molecule has 4 heterocycles. The van der Waals surface area contributed by atoms with Crippen LogP contribution in [0.15, 0.2) is 41.3 Å². The number of likely N-dealkylation sites (tertiary alicyclic amines) is 1. The minimum atomic E-state index is -0.622. The van der Waals surface area contributed by atoms with E-state index in [1.54, 1.807) is 22.0 Å². The Balaban J connectivity index is 1.18. The number of nitrogens with one attached hydrogen (secondary N) is 1. The molecule has 1 aromatic carbocycles. The number of benzene rings is 1.